The third-order valence-corrected chi connectivity index (χ3v) is 4.62. The van der Waals surface area contributed by atoms with Gasteiger partial charge in [0, 0.05) is 0 Å². The monoisotopic (exact) mass is 239 g/mol. The lowest BCUT2D eigenvalue weighted by molar-refractivity contribution is 0.127. The highest BCUT2D eigenvalue weighted by Gasteiger charge is 2.31. The van der Waals surface area contributed by atoms with Crippen molar-refractivity contribution in [2.24, 2.45) is 23.2 Å². The summed E-state index contributed by atoms with van der Waals surface area (Å²) in [6, 6.07) is 0. The maximum absolute atomic E-state index is 3.59. The molecule has 1 nitrogen and oxygen atoms in total. The Morgan fingerprint density at radius 2 is 1.71 bits per heavy atom. The average Bonchev–Trinajstić information content (AvgIpc) is 2.25. The van der Waals surface area contributed by atoms with Gasteiger partial charge in [0.05, 0.1) is 0 Å². The second-order valence-electron chi connectivity index (χ2n) is 7.29. The lowest BCUT2D eigenvalue weighted by Gasteiger charge is -2.39. The molecule has 0 aromatic carbocycles. The molecule has 1 fully saturated rings. The van der Waals surface area contributed by atoms with E-state index in [0.717, 1.165) is 24.3 Å². The molecule has 1 N–H and O–H groups in total. The van der Waals surface area contributed by atoms with Crippen LogP contribution in [0, 0.1) is 23.2 Å². The van der Waals surface area contributed by atoms with Crippen molar-refractivity contribution in [3.63, 3.8) is 0 Å². The van der Waals surface area contributed by atoms with Gasteiger partial charge in [-0.15, -0.1) is 0 Å². The molecule has 17 heavy (non-hydrogen) atoms. The highest BCUT2D eigenvalue weighted by molar-refractivity contribution is 4.83. The molecule has 0 spiro atoms. The Bertz CT molecular complexity index is 200. The van der Waals surface area contributed by atoms with Crippen molar-refractivity contribution in [1.82, 2.24) is 5.32 Å². The van der Waals surface area contributed by atoms with Gasteiger partial charge in [-0.3, -0.25) is 0 Å². The summed E-state index contributed by atoms with van der Waals surface area (Å²) >= 11 is 0. The molecule has 0 saturated heterocycles. The number of hydrogen-bond donors (Lipinski definition) is 1. The van der Waals surface area contributed by atoms with E-state index in [1.54, 1.807) is 0 Å². The topological polar surface area (TPSA) is 12.0 Å². The summed E-state index contributed by atoms with van der Waals surface area (Å²) in [5, 5.41) is 3.59. The van der Waals surface area contributed by atoms with Crippen molar-refractivity contribution in [3.8, 4) is 0 Å². The molecular formula is C16H33N. The molecule has 0 heterocycles. The summed E-state index contributed by atoms with van der Waals surface area (Å²) in [5.41, 5.74) is 0.532. The molecule has 0 atom stereocenters. The number of rotatable bonds is 6. The maximum atomic E-state index is 3.59. The normalized spacial score (nSPS) is 26.5. The minimum Gasteiger partial charge on any atom is -0.316 e. The van der Waals surface area contributed by atoms with Gasteiger partial charge >= 0.3 is 0 Å². The zero-order chi connectivity index (χ0) is 12.9. The van der Waals surface area contributed by atoms with Crippen molar-refractivity contribution in [1.29, 1.82) is 0 Å². The first-order chi connectivity index (χ1) is 7.92. The van der Waals surface area contributed by atoms with Gasteiger partial charge in [-0.05, 0) is 55.5 Å². The van der Waals surface area contributed by atoms with E-state index in [1.807, 2.05) is 0 Å². The maximum Gasteiger partial charge on any atom is -0.00258 e. The molecule has 0 bridgehead atoms. The average molecular weight is 239 g/mol. The van der Waals surface area contributed by atoms with E-state index in [2.05, 4.69) is 39.9 Å². The predicted octanol–water partition coefficient (Wildman–Crippen LogP) is 4.47. The smallest absolute Gasteiger partial charge is 0.00258 e. The summed E-state index contributed by atoms with van der Waals surface area (Å²) in [5.74, 6) is 2.70. The van der Waals surface area contributed by atoms with E-state index in [-0.39, 0.29) is 0 Å². The third kappa shape index (κ3) is 5.42. The van der Waals surface area contributed by atoms with Crippen molar-refractivity contribution < 1.29 is 0 Å². The van der Waals surface area contributed by atoms with Crippen LogP contribution in [0.15, 0.2) is 0 Å². The quantitative estimate of drug-likeness (QED) is 0.674. The molecule has 1 aliphatic carbocycles. The van der Waals surface area contributed by atoms with Crippen molar-refractivity contribution >= 4 is 0 Å². The Morgan fingerprint density at radius 3 is 2.24 bits per heavy atom. The van der Waals surface area contributed by atoms with Gasteiger partial charge in [-0.2, -0.15) is 0 Å². The summed E-state index contributed by atoms with van der Waals surface area (Å²) in [6.45, 7) is 14.3. The largest absolute Gasteiger partial charge is 0.316 e. The van der Waals surface area contributed by atoms with Gasteiger partial charge in [-0.1, -0.05) is 47.5 Å². The van der Waals surface area contributed by atoms with Crippen LogP contribution in [-0.2, 0) is 0 Å². The standard InChI is InChI=1S/C16H33N/c1-13(2)12-17-11-10-16(4,5)15-8-6-14(3)7-9-15/h13-15,17H,6-12H2,1-5H3. The first-order valence-corrected chi connectivity index (χ1v) is 7.62. The molecule has 0 aromatic rings. The lowest BCUT2D eigenvalue weighted by Crippen LogP contribution is -2.32. The van der Waals surface area contributed by atoms with Crippen molar-refractivity contribution in [2.45, 2.75) is 66.7 Å². The fraction of sp³-hybridized carbons (Fsp3) is 1.00. The Balaban J connectivity index is 2.25. The van der Waals surface area contributed by atoms with Gasteiger partial charge < -0.3 is 5.32 Å². The van der Waals surface area contributed by atoms with Crippen molar-refractivity contribution in [3.05, 3.63) is 0 Å². The van der Waals surface area contributed by atoms with E-state index in [4.69, 9.17) is 0 Å². The van der Waals surface area contributed by atoms with Crippen LogP contribution in [0.3, 0.4) is 0 Å². The van der Waals surface area contributed by atoms with E-state index >= 15 is 0 Å². The molecule has 0 aliphatic heterocycles. The fourth-order valence-corrected chi connectivity index (χ4v) is 3.05. The van der Waals surface area contributed by atoms with Crippen LogP contribution < -0.4 is 5.32 Å². The Kier molecular flexibility index (Phi) is 5.99. The van der Waals surface area contributed by atoms with Crippen LogP contribution in [0.25, 0.3) is 0 Å². The molecule has 1 rings (SSSR count). The SMILES string of the molecule is CC(C)CNCCC(C)(C)C1CCC(C)CC1. The van der Waals surface area contributed by atoms with E-state index < -0.39 is 0 Å². The van der Waals surface area contributed by atoms with Crippen LogP contribution in [0.4, 0.5) is 0 Å². The molecule has 1 saturated carbocycles. The van der Waals surface area contributed by atoms with Crippen LogP contribution in [-0.4, -0.2) is 13.1 Å². The van der Waals surface area contributed by atoms with E-state index in [1.165, 1.54) is 38.6 Å². The highest BCUT2D eigenvalue weighted by Crippen LogP contribution is 2.41. The minimum absolute atomic E-state index is 0.532. The Hall–Kier alpha value is -0.0400. The van der Waals surface area contributed by atoms with Crippen LogP contribution in [0.1, 0.15) is 66.7 Å². The fourth-order valence-electron chi connectivity index (χ4n) is 3.05. The minimum atomic E-state index is 0.532. The zero-order valence-electron chi connectivity index (χ0n) is 12.7. The molecule has 0 unspecified atom stereocenters. The molecular weight excluding hydrogens is 206 g/mol. The van der Waals surface area contributed by atoms with Gasteiger partial charge in [0.1, 0.15) is 0 Å². The molecule has 1 aliphatic rings. The highest BCUT2D eigenvalue weighted by atomic mass is 14.9. The molecule has 0 amide bonds. The summed E-state index contributed by atoms with van der Waals surface area (Å²) in [6.07, 6.45) is 7.15. The number of nitrogens with one attached hydrogen (secondary N) is 1. The molecule has 1 heteroatoms. The number of hydrogen-bond acceptors (Lipinski definition) is 1. The van der Waals surface area contributed by atoms with Gasteiger partial charge in [0.15, 0.2) is 0 Å². The van der Waals surface area contributed by atoms with Gasteiger partial charge in [0.2, 0.25) is 0 Å². The first-order valence-electron chi connectivity index (χ1n) is 7.62. The molecule has 0 aromatic heterocycles. The molecule has 0 radical (unpaired) electrons. The van der Waals surface area contributed by atoms with E-state index in [9.17, 15) is 0 Å². The first kappa shape index (κ1) is 15.0. The van der Waals surface area contributed by atoms with Gasteiger partial charge in [-0.25, -0.2) is 0 Å². The van der Waals surface area contributed by atoms with Crippen molar-refractivity contribution in [2.75, 3.05) is 13.1 Å². The van der Waals surface area contributed by atoms with Gasteiger partial charge in [0.25, 0.3) is 0 Å². The van der Waals surface area contributed by atoms with E-state index in [0.29, 0.717) is 5.41 Å². The van der Waals surface area contributed by atoms with Crippen LogP contribution in [0.5, 0.6) is 0 Å². The zero-order valence-corrected chi connectivity index (χ0v) is 12.7. The molecule has 102 valence electrons. The summed E-state index contributed by atoms with van der Waals surface area (Å²) < 4.78 is 0. The predicted molar refractivity (Wildman–Crippen MR) is 77.2 cm³/mol. The summed E-state index contributed by atoms with van der Waals surface area (Å²) in [7, 11) is 0. The Labute approximate surface area is 109 Å². The third-order valence-electron chi connectivity index (χ3n) is 4.62. The second kappa shape index (κ2) is 6.78. The van der Waals surface area contributed by atoms with Crippen LogP contribution >= 0.6 is 0 Å². The second-order valence-corrected chi connectivity index (χ2v) is 7.29. The summed E-state index contributed by atoms with van der Waals surface area (Å²) in [4.78, 5) is 0. The lowest BCUT2D eigenvalue weighted by atomic mass is 9.67. The van der Waals surface area contributed by atoms with Crippen LogP contribution in [0.2, 0.25) is 0 Å². The Morgan fingerprint density at radius 1 is 1.12 bits per heavy atom.